The topological polar surface area (TPSA) is 84.5 Å². The lowest BCUT2D eigenvalue weighted by molar-refractivity contribution is -0.137. The fourth-order valence-corrected chi connectivity index (χ4v) is 5.18. The van der Waals surface area contributed by atoms with Gasteiger partial charge in [-0.25, -0.2) is 14.6 Å². The van der Waals surface area contributed by atoms with Crippen molar-refractivity contribution in [3.05, 3.63) is 77.4 Å². The molecule has 1 fully saturated rings. The third-order valence-corrected chi connectivity index (χ3v) is 7.33. The van der Waals surface area contributed by atoms with Gasteiger partial charge < -0.3 is 19.4 Å². The molecule has 10 heteroatoms. The molecule has 220 valence electrons. The van der Waals surface area contributed by atoms with Gasteiger partial charge in [0.25, 0.3) is 0 Å². The van der Waals surface area contributed by atoms with Gasteiger partial charge in [-0.05, 0) is 74.9 Å². The number of methoxy groups -OCH3 is 1. The van der Waals surface area contributed by atoms with Gasteiger partial charge in [0.15, 0.2) is 0 Å². The fourth-order valence-electron chi connectivity index (χ4n) is 5.18. The normalized spacial score (nSPS) is 14.7. The highest BCUT2D eigenvalue weighted by Crippen LogP contribution is 2.35. The van der Waals surface area contributed by atoms with Crippen LogP contribution in [0.4, 0.5) is 18.0 Å². The summed E-state index contributed by atoms with van der Waals surface area (Å²) < 4.78 is 49.6. The number of piperidine rings is 1. The zero-order chi connectivity index (χ0) is 30.2. The first-order valence-electron chi connectivity index (χ1n) is 13.7. The van der Waals surface area contributed by atoms with Crippen molar-refractivity contribution in [2.24, 2.45) is 0 Å². The molecule has 1 aromatic heterocycles. The Labute approximate surface area is 241 Å². The van der Waals surface area contributed by atoms with Crippen molar-refractivity contribution in [3.8, 4) is 22.5 Å². The van der Waals surface area contributed by atoms with Gasteiger partial charge in [0, 0.05) is 24.2 Å². The summed E-state index contributed by atoms with van der Waals surface area (Å²) in [5.74, 6) is 0.156. The van der Waals surface area contributed by atoms with Crippen LogP contribution in [0.25, 0.3) is 33.5 Å². The lowest BCUT2D eigenvalue weighted by Crippen LogP contribution is -2.41. The number of halogens is 3. The lowest BCUT2D eigenvalue weighted by Gasteiger charge is -2.33. The van der Waals surface area contributed by atoms with Crippen LogP contribution in [-0.2, 0) is 15.7 Å². The summed E-state index contributed by atoms with van der Waals surface area (Å²) in [5.41, 5.74) is 3.32. The molecular formula is C32H32F3N3O4. The van der Waals surface area contributed by atoms with E-state index in [0.717, 1.165) is 36.1 Å². The second-order valence-corrected chi connectivity index (χ2v) is 11.4. The number of esters is 1. The first kappa shape index (κ1) is 29.2. The van der Waals surface area contributed by atoms with Crippen molar-refractivity contribution in [2.45, 2.75) is 51.3 Å². The monoisotopic (exact) mass is 579 g/mol. The molecule has 0 unspecified atom stereocenters. The Morgan fingerprint density at radius 1 is 0.929 bits per heavy atom. The van der Waals surface area contributed by atoms with Crippen LogP contribution in [-0.4, -0.2) is 52.7 Å². The predicted octanol–water partition coefficient (Wildman–Crippen LogP) is 7.82. The standard InChI is InChI=1S/C32H32F3N3O4/c1-31(2,3)42-30(40)38-15-13-20(14-16-38)19-5-7-21(8-6-19)25-17-23(29(39)41-4)18-26-27(25)37-28(36-26)22-9-11-24(12-10-22)32(33,34)35/h5-12,17-18,20H,13-16H2,1-4H3,(H,36,37). The number of alkyl halides is 3. The molecule has 1 N–H and O–H groups in total. The number of ether oxygens (including phenoxy) is 2. The summed E-state index contributed by atoms with van der Waals surface area (Å²) in [6, 6.07) is 16.1. The Bertz CT molecular complexity index is 1600. The number of carbonyl (C=O) groups excluding carboxylic acids is 2. The van der Waals surface area contributed by atoms with Crippen LogP contribution >= 0.6 is 0 Å². The average Bonchev–Trinajstić information content (AvgIpc) is 3.39. The number of benzene rings is 3. The van der Waals surface area contributed by atoms with Crippen molar-refractivity contribution < 1.29 is 32.2 Å². The molecule has 0 saturated carbocycles. The molecular weight excluding hydrogens is 547 g/mol. The van der Waals surface area contributed by atoms with Crippen LogP contribution in [0.1, 0.15) is 61.0 Å². The number of H-pyrrole nitrogens is 1. The van der Waals surface area contributed by atoms with E-state index in [1.165, 1.54) is 19.2 Å². The molecule has 0 radical (unpaired) electrons. The number of aromatic amines is 1. The maximum absolute atomic E-state index is 13.0. The van der Waals surface area contributed by atoms with E-state index in [0.29, 0.717) is 46.6 Å². The van der Waals surface area contributed by atoms with E-state index >= 15 is 0 Å². The molecule has 1 aliphatic rings. The van der Waals surface area contributed by atoms with Crippen molar-refractivity contribution in [1.82, 2.24) is 14.9 Å². The van der Waals surface area contributed by atoms with Crippen molar-refractivity contribution in [3.63, 3.8) is 0 Å². The van der Waals surface area contributed by atoms with Crippen LogP contribution in [0.5, 0.6) is 0 Å². The largest absolute Gasteiger partial charge is 0.465 e. The number of imidazole rings is 1. The minimum Gasteiger partial charge on any atom is -0.465 e. The number of amides is 1. The van der Waals surface area contributed by atoms with Crippen LogP contribution in [0.3, 0.4) is 0 Å². The Balaban J connectivity index is 1.41. The average molecular weight is 580 g/mol. The minimum atomic E-state index is -4.43. The highest BCUT2D eigenvalue weighted by Gasteiger charge is 2.30. The van der Waals surface area contributed by atoms with Crippen LogP contribution in [0, 0.1) is 0 Å². The third-order valence-electron chi connectivity index (χ3n) is 7.33. The smallest absolute Gasteiger partial charge is 0.416 e. The molecule has 2 heterocycles. The Hall–Kier alpha value is -4.34. The van der Waals surface area contributed by atoms with E-state index in [9.17, 15) is 22.8 Å². The predicted molar refractivity (Wildman–Crippen MR) is 153 cm³/mol. The number of aromatic nitrogens is 2. The van der Waals surface area contributed by atoms with Gasteiger partial charge >= 0.3 is 18.2 Å². The van der Waals surface area contributed by atoms with Gasteiger partial charge in [0.1, 0.15) is 11.4 Å². The van der Waals surface area contributed by atoms with Crippen molar-refractivity contribution in [2.75, 3.05) is 20.2 Å². The van der Waals surface area contributed by atoms with E-state index in [1.54, 1.807) is 17.0 Å². The highest BCUT2D eigenvalue weighted by atomic mass is 19.4. The number of nitrogens with zero attached hydrogens (tertiary/aromatic N) is 2. The quantitative estimate of drug-likeness (QED) is 0.249. The SMILES string of the molecule is COC(=O)c1cc(-c2ccc(C3CCN(C(=O)OC(C)(C)C)CC3)cc2)c2nc(-c3ccc(C(F)(F)F)cc3)[nH]c2c1. The summed E-state index contributed by atoms with van der Waals surface area (Å²) in [4.78, 5) is 34.5. The minimum absolute atomic E-state index is 0.288. The zero-order valence-electron chi connectivity index (χ0n) is 23.8. The van der Waals surface area contributed by atoms with E-state index in [1.807, 2.05) is 45.0 Å². The van der Waals surface area contributed by atoms with Gasteiger partial charge in [-0.2, -0.15) is 13.2 Å². The summed E-state index contributed by atoms with van der Waals surface area (Å²) >= 11 is 0. The maximum atomic E-state index is 13.0. The van der Waals surface area contributed by atoms with E-state index < -0.39 is 23.3 Å². The molecule has 42 heavy (non-hydrogen) atoms. The van der Waals surface area contributed by atoms with Crippen LogP contribution in [0.2, 0.25) is 0 Å². The first-order chi connectivity index (χ1) is 19.8. The summed E-state index contributed by atoms with van der Waals surface area (Å²) in [7, 11) is 1.30. The van der Waals surface area contributed by atoms with Gasteiger partial charge in [0.05, 0.1) is 29.3 Å². The number of carbonyl (C=O) groups is 2. The molecule has 5 rings (SSSR count). The first-order valence-corrected chi connectivity index (χ1v) is 13.7. The van der Waals surface area contributed by atoms with Gasteiger partial charge in [-0.3, -0.25) is 0 Å². The number of likely N-dealkylation sites (tertiary alicyclic amines) is 1. The van der Waals surface area contributed by atoms with Crippen LogP contribution in [0.15, 0.2) is 60.7 Å². The molecule has 0 aliphatic carbocycles. The van der Waals surface area contributed by atoms with Gasteiger partial charge in [-0.1, -0.05) is 36.4 Å². The molecule has 7 nitrogen and oxygen atoms in total. The molecule has 3 aromatic carbocycles. The molecule has 4 aromatic rings. The van der Waals surface area contributed by atoms with Gasteiger partial charge in [-0.15, -0.1) is 0 Å². The van der Waals surface area contributed by atoms with Crippen molar-refractivity contribution in [1.29, 1.82) is 0 Å². The number of fused-ring (bicyclic) bond motifs is 1. The summed E-state index contributed by atoms with van der Waals surface area (Å²) in [6.07, 6.45) is -3.09. The van der Waals surface area contributed by atoms with Crippen molar-refractivity contribution >= 4 is 23.1 Å². The molecule has 1 aliphatic heterocycles. The van der Waals surface area contributed by atoms with E-state index in [2.05, 4.69) is 4.98 Å². The number of rotatable bonds is 4. The number of hydrogen-bond acceptors (Lipinski definition) is 5. The summed E-state index contributed by atoms with van der Waals surface area (Å²) in [5, 5.41) is 0. The Morgan fingerprint density at radius 3 is 2.12 bits per heavy atom. The third kappa shape index (κ3) is 6.27. The zero-order valence-corrected chi connectivity index (χ0v) is 23.8. The molecule has 1 amide bonds. The Kier molecular flexibility index (Phi) is 7.74. The molecule has 0 spiro atoms. The number of nitrogens with one attached hydrogen (secondary N) is 1. The molecule has 0 atom stereocenters. The fraction of sp³-hybridized carbons (Fsp3) is 0.344. The molecule has 1 saturated heterocycles. The highest BCUT2D eigenvalue weighted by molar-refractivity contribution is 6.01. The lowest BCUT2D eigenvalue weighted by atomic mass is 9.88. The van der Waals surface area contributed by atoms with E-state index in [-0.39, 0.29) is 12.0 Å². The molecule has 0 bridgehead atoms. The van der Waals surface area contributed by atoms with Crippen LogP contribution < -0.4 is 0 Å². The number of hydrogen-bond donors (Lipinski definition) is 1. The van der Waals surface area contributed by atoms with Gasteiger partial charge in [0.2, 0.25) is 0 Å². The maximum Gasteiger partial charge on any atom is 0.416 e. The Morgan fingerprint density at radius 2 is 1.55 bits per heavy atom. The second-order valence-electron chi connectivity index (χ2n) is 11.4. The van der Waals surface area contributed by atoms with E-state index in [4.69, 9.17) is 14.5 Å². The summed E-state index contributed by atoms with van der Waals surface area (Å²) in [6.45, 7) is 6.79. The second kappa shape index (κ2) is 11.2.